The summed E-state index contributed by atoms with van der Waals surface area (Å²) in [4.78, 5) is 10.4. The maximum atomic E-state index is 5.38. The topological polar surface area (TPSA) is 67.1 Å². The van der Waals surface area contributed by atoms with Gasteiger partial charge in [0.15, 0.2) is 0 Å². The third kappa shape index (κ3) is 1.93. The summed E-state index contributed by atoms with van der Waals surface area (Å²) in [5.74, 6) is 7.03. The fourth-order valence-electron chi connectivity index (χ4n) is 1.33. The van der Waals surface area contributed by atoms with Gasteiger partial charge in [-0.05, 0) is 13.3 Å². The Kier molecular flexibility index (Phi) is 3.64. The summed E-state index contributed by atoms with van der Waals surface area (Å²) in [7, 11) is 2.00. The average Bonchev–Trinajstić information content (AvgIpc) is 2.26. The van der Waals surface area contributed by atoms with Crippen LogP contribution in [-0.4, -0.2) is 23.6 Å². The standard InChI is InChI=1S/C9H17N5/c1-4-7-8(13-10)11-6-12-9(7)14(3)5-2/h6H,4-5,10H2,1-3H3,(H,11,12,13). The van der Waals surface area contributed by atoms with Gasteiger partial charge in [0.2, 0.25) is 0 Å². The lowest BCUT2D eigenvalue weighted by molar-refractivity contribution is 0.901. The molecule has 0 aliphatic rings. The van der Waals surface area contributed by atoms with E-state index >= 15 is 0 Å². The molecule has 0 fully saturated rings. The maximum absolute atomic E-state index is 5.38. The summed E-state index contributed by atoms with van der Waals surface area (Å²) in [6.45, 7) is 5.05. The molecular formula is C9H17N5. The van der Waals surface area contributed by atoms with Crippen molar-refractivity contribution in [1.82, 2.24) is 9.97 Å². The molecule has 5 heteroatoms. The molecule has 3 N–H and O–H groups in total. The minimum Gasteiger partial charge on any atom is -0.360 e. The highest BCUT2D eigenvalue weighted by Crippen LogP contribution is 2.21. The molecule has 0 amide bonds. The van der Waals surface area contributed by atoms with Crippen LogP contribution in [0.2, 0.25) is 0 Å². The van der Waals surface area contributed by atoms with Gasteiger partial charge >= 0.3 is 0 Å². The molecule has 0 unspecified atom stereocenters. The van der Waals surface area contributed by atoms with Gasteiger partial charge in [0, 0.05) is 19.2 Å². The molecule has 0 atom stereocenters. The van der Waals surface area contributed by atoms with Crippen LogP contribution >= 0.6 is 0 Å². The molecule has 0 aliphatic carbocycles. The van der Waals surface area contributed by atoms with E-state index < -0.39 is 0 Å². The van der Waals surface area contributed by atoms with Crippen molar-refractivity contribution in [3.63, 3.8) is 0 Å². The van der Waals surface area contributed by atoms with Crippen molar-refractivity contribution in [2.24, 2.45) is 5.84 Å². The molecular weight excluding hydrogens is 178 g/mol. The second-order valence-corrected chi connectivity index (χ2v) is 3.04. The minimum absolute atomic E-state index is 0.706. The van der Waals surface area contributed by atoms with E-state index in [0.717, 1.165) is 24.3 Å². The summed E-state index contributed by atoms with van der Waals surface area (Å²) in [6, 6.07) is 0. The molecule has 0 spiro atoms. The number of nitrogens with zero attached hydrogens (tertiary/aromatic N) is 3. The number of nitrogens with two attached hydrogens (primary N) is 1. The lowest BCUT2D eigenvalue weighted by Crippen LogP contribution is -2.21. The van der Waals surface area contributed by atoms with Gasteiger partial charge in [-0.25, -0.2) is 15.8 Å². The van der Waals surface area contributed by atoms with Gasteiger partial charge in [0.25, 0.3) is 0 Å². The van der Waals surface area contributed by atoms with Crippen LogP contribution in [0.3, 0.4) is 0 Å². The highest BCUT2D eigenvalue weighted by atomic mass is 15.3. The molecule has 1 rings (SSSR count). The van der Waals surface area contributed by atoms with Crippen molar-refractivity contribution in [1.29, 1.82) is 0 Å². The van der Waals surface area contributed by atoms with Crippen molar-refractivity contribution in [2.45, 2.75) is 20.3 Å². The predicted octanol–water partition coefficient (Wildman–Crippen LogP) is 0.781. The van der Waals surface area contributed by atoms with Crippen LogP contribution in [0.1, 0.15) is 19.4 Å². The average molecular weight is 195 g/mol. The van der Waals surface area contributed by atoms with Gasteiger partial charge in [-0.2, -0.15) is 0 Å². The number of nitrogens with one attached hydrogen (secondary N) is 1. The number of anilines is 2. The predicted molar refractivity (Wildman–Crippen MR) is 58.2 cm³/mol. The normalized spacial score (nSPS) is 10.0. The van der Waals surface area contributed by atoms with E-state index in [1.165, 1.54) is 6.33 Å². The molecule has 0 saturated heterocycles. The van der Waals surface area contributed by atoms with Gasteiger partial charge in [0.05, 0.1) is 0 Å². The molecule has 14 heavy (non-hydrogen) atoms. The number of nitrogen functional groups attached to an aromatic ring is 1. The zero-order valence-electron chi connectivity index (χ0n) is 8.91. The molecule has 1 aromatic heterocycles. The number of hydrazine groups is 1. The highest BCUT2D eigenvalue weighted by Gasteiger charge is 2.10. The summed E-state index contributed by atoms with van der Waals surface area (Å²) in [5, 5.41) is 0. The van der Waals surface area contributed by atoms with E-state index in [0.29, 0.717) is 5.82 Å². The summed E-state index contributed by atoms with van der Waals surface area (Å²) in [5.41, 5.74) is 3.64. The van der Waals surface area contributed by atoms with Crippen LogP contribution in [0, 0.1) is 0 Å². The van der Waals surface area contributed by atoms with Crippen molar-refractivity contribution in [2.75, 3.05) is 23.9 Å². The van der Waals surface area contributed by atoms with Gasteiger partial charge in [-0.3, -0.25) is 0 Å². The number of hydrogen-bond acceptors (Lipinski definition) is 5. The third-order valence-electron chi connectivity index (χ3n) is 2.25. The Balaban J connectivity index is 3.14. The maximum Gasteiger partial charge on any atom is 0.148 e. The molecule has 0 radical (unpaired) electrons. The first kappa shape index (κ1) is 10.7. The van der Waals surface area contributed by atoms with Gasteiger partial charge < -0.3 is 10.3 Å². The smallest absolute Gasteiger partial charge is 0.148 e. The largest absolute Gasteiger partial charge is 0.360 e. The van der Waals surface area contributed by atoms with Crippen LogP contribution in [0.4, 0.5) is 11.6 Å². The van der Waals surface area contributed by atoms with E-state index in [2.05, 4.69) is 34.1 Å². The molecule has 1 heterocycles. The number of aromatic nitrogens is 2. The van der Waals surface area contributed by atoms with Crippen LogP contribution in [0.5, 0.6) is 0 Å². The zero-order chi connectivity index (χ0) is 10.6. The lowest BCUT2D eigenvalue weighted by atomic mass is 10.2. The Morgan fingerprint density at radius 3 is 2.64 bits per heavy atom. The van der Waals surface area contributed by atoms with Gasteiger partial charge in [-0.1, -0.05) is 6.92 Å². The fourth-order valence-corrected chi connectivity index (χ4v) is 1.33. The summed E-state index contributed by atoms with van der Waals surface area (Å²) in [6.07, 6.45) is 2.38. The Morgan fingerprint density at radius 1 is 1.43 bits per heavy atom. The summed E-state index contributed by atoms with van der Waals surface area (Å²) >= 11 is 0. The van der Waals surface area contributed by atoms with Crippen LogP contribution in [-0.2, 0) is 6.42 Å². The molecule has 78 valence electrons. The molecule has 0 bridgehead atoms. The zero-order valence-corrected chi connectivity index (χ0v) is 8.91. The number of rotatable bonds is 4. The fraction of sp³-hybridized carbons (Fsp3) is 0.556. The molecule has 0 aliphatic heterocycles. The van der Waals surface area contributed by atoms with Crippen LogP contribution in [0.25, 0.3) is 0 Å². The van der Waals surface area contributed by atoms with Gasteiger partial charge in [-0.15, -0.1) is 0 Å². The van der Waals surface area contributed by atoms with E-state index in [9.17, 15) is 0 Å². The SMILES string of the molecule is CCc1c(NN)ncnc1N(C)CC. The quantitative estimate of drug-likeness (QED) is 0.549. The Labute approximate surface area is 84.3 Å². The van der Waals surface area contributed by atoms with E-state index in [4.69, 9.17) is 5.84 Å². The van der Waals surface area contributed by atoms with Crippen molar-refractivity contribution in [3.8, 4) is 0 Å². The molecule has 0 aromatic carbocycles. The Hall–Kier alpha value is -1.36. The molecule has 5 nitrogen and oxygen atoms in total. The molecule has 0 saturated carbocycles. The lowest BCUT2D eigenvalue weighted by Gasteiger charge is -2.19. The number of hydrogen-bond donors (Lipinski definition) is 2. The highest BCUT2D eigenvalue weighted by molar-refractivity contribution is 5.57. The van der Waals surface area contributed by atoms with E-state index in [-0.39, 0.29) is 0 Å². The summed E-state index contributed by atoms with van der Waals surface area (Å²) < 4.78 is 0. The minimum atomic E-state index is 0.706. The van der Waals surface area contributed by atoms with E-state index in [1.54, 1.807) is 0 Å². The Morgan fingerprint density at radius 2 is 2.14 bits per heavy atom. The van der Waals surface area contributed by atoms with Crippen molar-refractivity contribution in [3.05, 3.63) is 11.9 Å². The first-order chi connectivity index (χ1) is 6.74. The van der Waals surface area contributed by atoms with E-state index in [1.807, 2.05) is 7.05 Å². The monoisotopic (exact) mass is 195 g/mol. The third-order valence-corrected chi connectivity index (χ3v) is 2.25. The van der Waals surface area contributed by atoms with Crippen molar-refractivity contribution < 1.29 is 0 Å². The second kappa shape index (κ2) is 4.76. The Bertz CT molecular complexity index is 299. The second-order valence-electron chi connectivity index (χ2n) is 3.04. The first-order valence-corrected chi connectivity index (χ1v) is 4.76. The van der Waals surface area contributed by atoms with Gasteiger partial charge in [0.1, 0.15) is 18.0 Å². The first-order valence-electron chi connectivity index (χ1n) is 4.76. The molecule has 1 aromatic rings. The van der Waals surface area contributed by atoms with Crippen LogP contribution < -0.4 is 16.2 Å². The van der Waals surface area contributed by atoms with Crippen molar-refractivity contribution >= 4 is 11.6 Å². The van der Waals surface area contributed by atoms with Crippen LogP contribution in [0.15, 0.2) is 6.33 Å².